The third-order valence-corrected chi connectivity index (χ3v) is 4.18. The Labute approximate surface area is 121 Å². The first-order chi connectivity index (χ1) is 10.3. The van der Waals surface area contributed by atoms with Crippen molar-refractivity contribution < 1.29 is 9.21 Å². The van der Waals surface area contributed by atoms with Crippen molar-refractivity contribution in [1.29, 1.82) is 0 Å². The quantitative estimate of drug-likeness (QED) is 0.758. The fraction of sp³-hybridized carbons (Fsp3) is 0.118. The van der Waals surface area contributed by atoms with E-state index in [9.17, 15) is 4.79 Å². The van der Waals surface area contributed by atoms with Crippen molar-refractivity contribution >= 4 is 22.6 Å². The van der Waals surface area contributed by atoms with Crippen molar-refractivity contribution in [2.75, 3.05) is 12.4 Å². The van der Waals surface area contributed by atoms with Crippen molar-refractivity contribution in [1.82, 2.24) is 5.32 Å². The zero-order valence-corrected chi connectivity index (χ0v) is 11.5. The van der Waals surface area contributed by atoms with Crippen LogP contribution in [0.5, 0.6) is 0 Å². The number of likely N-dealkylation sites (N-methyl/N-ethyl adjacent to an activating group) is 1. The van der Waals surface area contributed by atoms with Gasteiger partial charge in [0, 0.05) is 16.6 Å². The summed E-state index contributed by atoms with van der Waals surface area (Å²) in [5.41, 5.74) is 2.66. The van der Waals surface area contributed by atoms with Crippen LogP contribution in [0.3, 0.4) is 0 Å². The summed E-state index contributed by atoms with van der Waals surface area (Å²) in [5.74, 6) is -0.0611. The maximum atomic E-state index is 12.7. The lowest BCUT2D eigenvalue weighted by molar-refractivity contribution is -0.120. The molecule has 4 nitrogen and oxygen atoms in total. The molecule has 1 aliphatic rings. The molecule has 0 aliphatic carbocycles. The number of fused-ring (bicyclic) bond motifs is 2. The van der Waals surface area contributed by atoms with Crippen LogP contribution in [0.1, 0.15) is 11.1 Å². The van der Waals surface area contributed by atoms with Crippen molar-refractivity contribution in [3.05, 3.63) is 65.9 Å². The summed E-state index contributed by atoms with van der Waals surface area (Å²) >= 11 is 0. The maximum Gasteiger partial charge on any atom is 0.254 e. The number of nitrogens with one attached hydrogen (secondary N) is 2. The summed E-state index contributed by atoms with van der Waals surface area (Å²) < 4.78 is 5.38. The van der Waals surface area contributed by atoms with Crippen molar-refractivity contribution in [2.24, 2.45) is 0 Å². The Kier molecular flexibility index (Phi) is 2.43. The Balaban J connectivity index is 2.00. The van der Waals surface area contributed by atoms with Crippen LogP contribution in [0.25, 0.3) is 11.0 Å². The van der Waals surface area contributed by atoms with E-state index in [4.69, 9.17) is 4.42 Å². The molecule has 21 heavy (non-hydrogen) atoms. The number of furan rings is 1. The van der Waals surface area contributed by atoms with E-state index < -0.39 is 5.54 Å². The predicted molar refractivity (Wildman–Crippen MR) is 81.1 cm³/mol. The Morgan fingerprint density at radius 2 is 2.00 bits per heavy atom. The van der Waals surface area contributed by atoms with Gasteiger partial charge >= 0.3 is 0 Å². The van der Waals surface area contributed by atoms with Crippen LogP contribution < -0.4 is 10.6 Å². The van der Waals surface area contributed by atoms with E-state index in [1.807, 2.05) is 48.5 Å². The van der Waals surface area contributed by atoms with Crippen LogP contribution in [-0.4, -0.2) is 13.0 Å². The topological polar surface area (TPSA) is 54.3 Å². The number of amides is 1. The van der Waals surface area contributed by atoms with Gasteiger partial charge in [-0.15, -0.1) is 0 Å². The molecule has 1 amide bonds. The lowest BCUT2D eigenvalue weighted by Crippen LogP contribution is -2.47. The van der Waals surface area contributed by atoms with E-state index in [1.165, 1.54) is 0 Å². The van der Waals surface area contributed by atoms with Gasteiger partial charge in [0.15, 0.2) is 5.54 Å². The molecule has 2 aromatic carbocycles. The Hall–Kier alpha value is -2.59. The van der Waals surface area contributed by atoms with Crippen LogP contribution in [0, 0.1) is 0 Å². The van der Waals surface area contributed by atoms with Gasteiger partial charge in [0.05, 0.1) is 6.26 Å². The molecule has 1 atom stereocenters. The van der Waals surface area contributed by atoms with Gasteiger partial charge in [0.25, 0.3) is 5.91 Å². The van der Waals surface area contributed by atoms with E-state index >= 15 is 0 Å². The standard InChI is InChI=1S/C17H14N2O2/c1-18-17(12-6-7-15-11(10-12)8-9-21-15)13-4-2-3-5-14(13)19-16(17)20/h2-10,18H,1H3,(H,19,20). The second-order valence-electron chi connectivity index (χ2n) is 5.17. The van der Waals surface area contributed by atoms with E-state index in [0.717, 1.165) is 27.8 Å². The van der Waals surface area contributed by atoms with Gasteiger partial charge in [-0.2, -0.15) is 0 Å². The minimum atomic E-state index is -0.859. The van der Waals surface area contributed by atoms with Gasteiger partial charge in [-0.3, -0.25) is 10.1 Å². The van der Waals surface area contributed by atoms with Crippen LogP contribution in [0.2, 0.25) is 0 Å². The predicted octanol–water partition coefficient (Wildman–Crippen LogP) is 2.85. The van der Waals surface area contributed by atoms with E-state index in [0.29, 0.717) is 0 Å². The molecule has 2 N–H and O–H groups in total. The average Bonchev–Trinajstić information content (AvgIpc) is 3.08. The number of rotatable bonds is 2. The lowest BCUT2D eigenvalue weighted by Gasteiger charge is -2.27. The fourth-order valence-electron chi connectivity index (χ4n) is 3.14. The highest BCUT2D eigenvalue weighted by Gasteiger charge is 2.47. The molecule has 0 saturated heterocycles. The van der Waals surface area contributed by atoms with Gasteiger partial charge in [-0.05, 0) is 36.9 Å². The molecule has 104 valence electrons. The maximum absolute atomic E-state index is 12.7. The second-order valence-corrected chi connectivity index (χ2v) is 5.17. The summed E-state index contributed by atoms with van der Waals surface area (Å²) in [6.45, 7) is 0. The Morgan fingerprint density at radius 1 is 1.14 bits per heavy atom. The highest BCUT2D eigenvalue weighted by atomic mass is 16.3. The largest absolute Gasteiger partial charge is 0.464 e. The highest BCUT2D eigenvalue weighted by molar-refractivity contribution is 6.08. The third kappa shape index (κ3) is 1.51. The highest BCUT2D eigenvalue weighted by Crippen LogP contribution is 2.41. The molecule has 2 heterocycles. The second kappa shape index (κ2) is 4.20. The van der Waals surface area contributed by atoms with Gasteiger partial charge in [-0.1, -0.05) is 24.3 Å². The molecule has 1 unspecified atom stereocenters. The van der Waals surface area contributed by atoms with E-state index in [-0.39, 0.29) is 5.91 Å². The molecular weight excluding hydrogens is 264 g/mol. The van der Waals surface area contributed by atoms with Crippen LogP contribution in [0.15, 0.2) is 59.2 Å². The van der Waals surface area contributed by atoms with Gasteiger partial charge in [0.1, 0.15) is 5.58 Å². The molecule has 0 bridgehead atoms. The molecule has 4 heteroatoms. The molecule has 4 rings (SSSR count). The zero-order valence-electron chi connectivity index (χ0n) is 11.5. The molecule has 3 aromatic rings. The van der Waals surface area contributed by atoms with Crippen LogP contribution >= 0.6 is 0 Å². The zero-order chi connectivity index (χ0) is 14.4. The minimum absolute atomic E-state index is 0.0611. The van der Waals surface area contributed by atoms with E-state index in [1.54, 1.807) is 13.3 Å². The summed E-state index contributed by atoms with van der Waals surface area (Å²) in [5, 5.41) is 7.15. The molecule has 0 radical (unpaired) electrons. The fourth-order valence-corrected chi connectivity index (χ4v) is 3.14. The molecule has 0 fully saturated rings. The summed E-state index contributed by atoms with van der Waals surface area (Å²) in [4.78, 5) is 12.7. The molecule has 0 saturated carbocycles. The van der Waals surface area contributed by atoms with Crippen molar-refractivity contribution in [2.45, 2.75) is 5.54 Å². The van der Waals surface area contributed by atoms with Crippen molar-refractivity contribution in [3.63, 3.8) is 0 Å². The van der Waals surface area contributed by atoms with Crippen molar-refractivity contribution in [3.8, 4) is 0 Å². The number of hydrogen-bond acceptors (Lipinski definition) is 3. The molecule has 0 spiro atoms. The number of hydrogen-bond donors (Lipinski definition) is 2. The first-order valence-corrected chi connectivity index (χ1v) is 6.83. The Bertz CT molecular complexity index is 853. The molecule has 1 aromatic heterocycles. The lowest BCUT2D eigenvalue weighted by atomic mass is 9.83. The Morgan fingerprint density at radius 3 is 2.86 bits per heavy atom. The number of carbonyl (C=O) groups excluding carboxylic acids is 1. The number of para-hydroxylation sites is 1. The first kappa shape index (κ1) is 12.2. The third-order valence-electron chi connectivity index (χ3n) is 4.18. The normalized spacial score (nSPS) is 20.5. The van der Waals surface area contributed by atoms with E-state index in [2.05, 4.69) is 10.6 Å². The average molecular weight is 278 g/mol. The number of carbonyl (C=O) groups is 1. The van der Waals surface area contributed by atoms with Gasteiger partial charge in [0.2, 0.25) is 0 Å². The monoisotopic (exact) mass is 278 g/mol. The number of anilines is 1. The van der Waals surface area contributed by atoms with Crippen LogP contribution in [-0.2, 0) is 10.3 Å². The summed E-state index contributed by atoms with van der Waals surface area (Å²) in [7, 11) is 1.81. The minimum Gasteiger partial charge on any atom is -0.464 e. The van der Waals surface area contributed by atoms with Crippen LogP contribution in [0.4, 0.5) is 5.69 Å². The van der Waals surface area contributed by atoms with Gasteiger partial charge in [-0.25, -0.2) is 0 Å². The first-order valence-electron chi connectivity index (χ1n) is 6.83. The summed E-state index contributed by atoms with van der Waals surface area (Å²) in [6, 6.07) is 15.5. The smallest absolute Gasteiger partial charge is 0.254 e. The number of benzene rings is 2. The SMILES string of the molecule is CNC1(c2ccc3occc3c2)C(=O)Nc2ccccc21. The summed E-state index contributed by atoms with van der Waals surface area (Å²) in [6.07, 6.45) is 1.66. The molecule has 1 aliphatic heterocycles. The molecular formula is C17H14N2O2. The van der Waals surface area contributed by atoms with Gasteiger partial charge < -0.3 is 9.73 Å².